The number of aryl methyl sites for hydroxylation is 1. The van der Waals surface area contributed by atoms with Crippen LogP contribution in [0.4, 0.5) is 0 Å². The molecule has 1 aliphatic heterocycles. The molecular weight excluding hydrogens is 396 g/mol. The van der Waals surface area contributed by atoms with Crippen molar-refractivity contribution in [2.45, 2.75) is 56.2 Å². The van der Waals surface area contributed by atoms with Crippen molar-refractivity contribution in [1.82, 2.24) is 9.55 Å². The fourth-order valence-electron chi connectivity index (χ4n) is 3.74. The number of aromatic nitrogens is 2. The largest absolute Gasteiger partial charge is 0.376 e. The van der Waals surface area contributed by atoms with Crippen LogP contribution in [-0.2, 0) is 17.7 Å². The number of ketones is 1. The molecule has 1 saturated heterocycles. The number of nitrogens with zero attached hydrogens (tertiary/aromatic N) is 2. The van der Waals surface area contributed by atoms with Crippen molar-refractivity contribution in [2.24, 2.45) is 0 Å². The quantitative estimate of drug-likeness (QED) is 0.319. The summed E-state index contributed by atoms with van der Waals surface area (Å²) in [4.78, 5) is 30.9. The lowest BCUT2D eigenvalue weighted by Gasteiger charge is -2.18. The lowest BCUT2D eigenvalue weighted by molar-refractivity contribution is 0.0937. The summed E-state index contributed by atoms with van der Waals surface area (Å²) in [5, 5.41) is 0.801. The molecule has 0 aliphatic carbocycles. The molecule has 0 saturated carbocycles. The number of rotatable bonds is 7. The summed E-state index contributed by atoms with van der Waals surface area (Å²) in [5.41, 5.74) is 2.46. The van der Waals surface area contributed by atoms with Crippen molar-refractivity contribution in [3.63, 3.8) is 0 Å². The van der Waals surface area contributed by atoms with Crippen molar-refractivity contribution in [3.05, 3.63) is 70.0 Å². The molecule has 0 bridgehead atoms. The molecule has 0 spiro atoms. The molecule has 1 aliphatic rings. The van der Waals surface area contributed by atoms with E-state index < -0.39 is 0 Å². The number of benzene rings is 2. The fourth-order valence-corrected chi connectivity index (χ4v) is 4.74. The molecule has 0 N–H and O–H groups in total. The maximum atomic E-state index is 13.2. The molecule has 30 heavy (non-hydrogen) atoms. The molecule has 0 amide bonds. The van der Waals surface area contributed by atoms with Gasteiger partial charge in [-0.15, -0.1) is 0 Å². The number of para-hydroxylation sites is 1. The zero-order valence-electron chi connectivity index (χ0n) is 17.3. The van der Waals surface area contributed by atoms with Gasteiger partial charge in [0.15, 0.2) is 10.9 Å². The Morgan fingerprint density at radius 1 is 1.23 bits per heavy atom. The lowest BCUT2D eigenvalue weighted by atomic mass is 10.1. The van der Waals surface area contributed by atoms with Crippen molar-refractivity contribution < 1.29 is 9.53 Å². The third-order valence-electron chi connectivity index (χ3n) is 5.53. The molecule has 3 aromatic rings. The van der Waals surface area contributed by atoms with E-state index >= 15 is 0 Å². The number of ether oxygens (including phenoxy) is 1. The Morgan fingerprint density at radius 2 is 2.00 bits per heavy atom. The first-order valence-corrected chi connectivity index (χ1v) is 11.4. The van der Waals surface area contributed by atoms with Crippen LogP contribution >= 0.6 is 11.8 Å². The maximum absolute atomic E-state index is 13.2. The van der Waals surface area contributed by atoms with E-state index in [1.54, 1.807) is 10.6 Å². The third-order valence-corrected chi connectivity index (χ3v) is 6.63. The number of Topliss-reactive ketones (excluding diaryl/α,β-unsaturated/α-hetero) is 1. The van der Waals surface area contributed by atoms with Crippen LogP contribution in [0.25, 0.3) is 10.9 Å². The van der Waals surface area contributed by atoms with Crippen LogP contribution in [-0.4, -0.2) is 33.3 Å². The van der Waals surface area contributed by atoms with Gasteiger partial charge < -0.3 is 4.74 Å². The standard InChI is InChI=1S/C24H26N2O3S/c1-3-17-10-12-18(13-11-17)22(27)16(2)30-24-25-21-9-5-4-8-20(21)23(28)26(24)15-19-7-6-14-29-19/h4-5,8-13,16,19H,3,6-7,14-15H2,1-2H3. The van der Waals surface area contributed by atoms with Gasteiger partial charge in [-0.05, 0) is 43.9 Å². The summed E-state index contributed by atoms with van der Waals surface area (Å²) in [6, 6.07) is 15.1. The van der Waals surface area contributed by atoms with Gasteiger partial charge in [-0.3, -0.25) is 14.2 Å². The summed E-state index contributed by atoms with van der Waals surface area (Å²) in [5.74, 6) is 0.0359. The minimum absolute atomic E-state index is 0.0117. The predicted molar refractivity (Wildman–Crippen MR) is 120 cm³/mol. The molecular formula is C24H26N2O3S. The lowest BCUT2D eigenvalue weighted by Crippen LogP contribution is -2.29. The summed E-state index contributed by atoms with van der Waals surface area (Å²) >= 11 is 1.34. The Bertz CT molecular complexity index is 1100. The minimum Gasteiger partial charge on any atom is -0.376 e. The highest BCUT2D eigenvalue weighted by atomic mass is 32.2. The molecule has 5 nitrogen and oxygen atoms in total. The summed E-state index contributed by atoms with van der Waals surface area (Å²) in [7, 11) is 0. The van der Waals surface area contributed by atoms with Gasteiger partial charge in [0.25, 0.3) is 5.56 Å². The Morgan fingerprint density at radius 3 is 2.70 bits per heavy atom. The van der Waals surface area contributed by atoms with Crippen LogP contribution < -0.4 is 5.56 Å². The second kappa shape index (κ2) is 9.14. The van der Waals surface area contributed by atoms with E-state index in [0.29, 0.717) is 28.2 Å². The van der Waals surface area contributed by atoms with Crippen LogP contribution in [0.1, 0.15) is 42.6 Å². The Hall–Kier alpha value is -2.44. The zero-order chi connectivity index (χ0) is 21.1. The van der Waals surface area contributed by atoms with Gasteiger partial charge in [0.2, 0.25) is 0 Å². The third kappa shape index (κ3) is 4.35. The van der Waals surface area contributed by atoms with Crippen molar-refractivity contribution >= 4 is 28.4 Å². The fraction of sp³-hybridized carbons (Fsp3) is 0.375. The number of fused-ring (bicyclic) bond motifs is 1. The van der Waals surface area contributed by atoms with Crippen LogP contribution in [0.2, 0.25) is 0 Å². The van der Waals surface area contributed by atoms with E-state index in [1.165, 1.54) is 17.3 Å². The van der Waals surface area contributed by atoms with Gasteiger partial charge in [-0.1, -0.05) is 55.1 Å². The van der Waals surface area contributed by atoms with E-state index in [2.05, 4.69) is 6.92 Å². The molecule has 2 atom stereocenters. The molecule has 6 heteroatoms. The summed E-state index contributed by atoms with van der Waals surface area (Å²) < 4.78 is 7.45. The van der Waals surface area contributed by atoms with Gasteiger partial charge >= 0.3 is 0 Å². The van der Waals surface area contributed by atoms with E-state index in [0.717, 1.165) is 25.9 Å². The van der Waals surface area contributed by atoms with Crippen LogP contribution in [0.15, 0.2) is 58.5 Å². The van der Waals surface area contributed by atoms with Gasteiger partial charge in [-0.25, -0.2) is 4.98 Å². The van der Waals surface area contributed by atoms with E-state index in [4.69, 9.17) is 9.72 Å². The number of carbonyl (C=O) groups is 1. The summed E-state index contributed by atoms with van der Waals surface area (Å²) in [6.45, 7) is 5.16. The van der Waals surface area contributed by atoms with Crippen molar-refractivity contribution in [2.75, 3.05) is 6.61 Å². The second-order valence-electron chi connectivity index (χ2n) is 7.64. The number of carbonyl (C=O) groups excluding carboxylic acids is 1. The highest BCUT2D eigenvalue weighted by Gasteiger charge is 2.23. The average molecular weight is 423 g/mol. The number of hydrogen-bond donors (Lipinski definition) is 0. The molecule has 2 aromatic carbocycles. The van der Waals surface area contributed by atoms with E-state index in [9.17, 15) is 9.59 Å². The monoisotopic (exact) mass is 422 g/mol. The van der Waals surface area contributed by atoms with Crippen molar-refractivity contribution in [3.8, 4) is 0 Å². The summed E-state index contributed by atoms with van der Waals surface area (Å²) in [6.07, 6.45) is 2.89. The zero-order valence-corrected chi connectivity index (χ0v) is 18.2. The first-order chi connectivity index (χ1) is 14.6. The topological polar surface area (TPSA) is 61.2 Å². The minimum atomic E-state index is -0.360. The van der Waals surface area contributed by atoms with E-state index in [1.807, 2.05) is 49.4 Å². The van der Waals surface area contributed by atoms with E-state index in [-0.39, 0.29) is 22.7 Å². The first kappa shape index (κ1) is 20.8. The van der Waals surface area contributed by atoms with Gasteiger partial charge in [0, 0.05) is 12.2 Å². The van der Waals surface area contributed by atoms with Gasteiger partial charge in [-0.2, -0.15) is 0 Å². The predicted octanol–water partition coefficient (Wildman–Crippen LogP) is 4.50. The van der Waals surface area contributed by atoms with Crippen LogP contribution in [0.3, 0.4) is 0 Å². The SMILES string of the molecule is CCc1ccc(C(=O)C(C)Sc2nc3ccccc3c(=O)n2CC2CCCO2)cc1. The molecule has 2 unspecified atom stereocenters. The molecule has 1 aromatic heterocycles. The number of hydrogen-bond acceptors (Lipinski definition) is 5. The number of thioether (sulfide) groups is 1. The highest BCUT2D eigenvalue weighted by Crippen LogP contribution is 2.26. The van der Waals surface area contributed by atoms with Gasteiger partial charge in [0.05, 0.1) is 28.8 Å². The maximum Gasteiger partial charge on any atom is 0.262 e. The Balaban J connectivity index is 1.65. The Kier molecular flexibility index (Phi) is 6.35. The first-order valence-electron chi connectivity index (χ1n) is 10.5. The molecule has 0 radical (unpaired) electrons. The molecule has 156 valence electrons. The van der Waals surface area contributed by atoms with Crippen molar-refractivity contribution in [1.29, 1.82) is 0 Å². The van der Waals surface area contributed by atoms with Crippen LogP contribution in [0.5, 0.6) is 0 Å². The average Bonchev–Trinajstić information content (AvgIpc) is 3.29. The molecule has 4 rings (SSSR count). The Labute approximate surface area is 180 Å². The second-order valence-corrected chi connectivity index (χ2v) is 8.95. The highest BCUT2D eigenvalue weighted by molar-refractivity contribution is 8.00. The smallest absolute Gasteiger partial charge is 0.262 e. The molecule has 1 fully saturated rings. The normalized spacial score (nSPS) is 17.3. The van der Waals surface area contributed by atoms with Crippen LogP contribution in [0, 0.1) is 0 Å². The van der Waals surface area contributed by atoms with Gasteiger partial charge in [0.1, 0.15) is 0 Å². The molecule has 2 heterocycles.